The fourth-order valence-corrected chi connectivity index (χ4v) is 1.99. The summed E-state index contributed by atoms with van der Waals surface area (Å²) < 4.78 is 6.73. The van der Waals surface area contributed by atoms with Crippen molar-refractivity contribution < 1.29 is 4.42 Å². The second-order valence-electron chi connectivity index (χ2n) is 3.89. The lowest BCUT2D eigenvalue weighted by atomic mass is 10.2. The van der Waals surface area contributed by atoms with E-state index in [4.69, 9.17) is 10.2 Å². The quantitative estimate of drug-likeness (QED) is 0.907. The molecule has 86 valence electrons. The number of rotatable bonds is 4. The second kappa shape index (κ2) is 4.99. The van der Waals surface area contributed by atoms with Gasteiger partial charge in [-0.15, -0.1) is 0 Å². The molecule has 1 heterocycles. The molecule has 0 amide bonds. The first-order valence-electron chi connectivity index (χ1n) is 5.31. The molecule has 0 saturated heterocycles. The topological polar surface area (TPSA) is 51.2 Å². The van der Waals surface area contributed by atoms with Gasteiger partial charge in [-0.05, 0) is 35.0 Å². The Kier molecular flexibility index (Phi) is 3.63. The van der Waals surface area contributed by atoms with Gasteiger partial charge in [0.2, 0.25) is 0 Å². The van der Waals surface area contributed by atoms with Crippen molar-refractivity contribution in [3.63, 3.8) is 0 Å². The second-order valence-corrected chi connectivity index (χ2v) is 4.74. The van der Waals surface area contributed by atoms with Gasteiger partial charge in [0.05, 0.1) is 11.0 Å². The third kappa shape index (κ3) is 2.45. The maximum absolute atomic E-state index is 5.74. The number of para-hydroxylation sites is 1. The van der Waals surface area contributed by atoms with Crippen LogP contribution < -0.4 is 11.1 Å². The molecule has 0 radical (unpaired) electrons. The smallest absolute Gasteiger partial charge is 0.148 e. The van der Waals surface area contributed by atoms with Gasteiger partial charge in [-0.1, -0.05) is 12.1 Å². The molecule has 0 aliphatic heterocycles. The molecule has 0 saturated carbocycles. The minimum absolute atomic E-state index is 0.302. The van der Waals surface area contributed by atoms with E-state index in [2.05, 4.69) is 34.2 Å². The Bertz CT molecular complexity index is 481. The largest absolute Gasteiger partial charge is 0.459 e. The van der Waals surface area contributed by atoms with E-state index in [0.29, 0.717) is 19.1 Å². The van der Waals surface area contributed by atoms with E-state index in [1.165, 1.54) is 0 Å². The number of nitrogens with one attached hydrogen (secondary N) is 1. The van der Waals surface area contributed by atoms with Gasteiger partial charge in [-0.2, -0.15) is 0 Å². The highest BCUT2D eigenvalue weighted by molar-refractivity contribution is 9.10. The molecule has 16 heavy (non-hydrogen) atoms. The molecule has 3 nitrogen and oxygen atoms in total. The lowest BCUT2D eigenvalue weighted by Gasteiger charge is -2.08. The van der Waals surface area contributed by atoms with Crippen molar-refractivity contribution in [2.75, 3.05) is 6.54 Å². The maximum Gasteiger partial charge on any atom is 0.148 e. The van der Waals surface area contributed by atoms with Crippen LogP contribution in [0.15, 0.2) is 33.2 Å². The molecule has 0 unspecified atom stereocenters. The number of fused-ring (bicyclic) bond motifs is 1. The van der Waals surface area contributed by atoms with E-state index < -0.39 is 0 Å². The van der Waals surface area contributed by atoms with E-state index >= 15 is 0 Å². The molecule has 2 rings (SSSR count). The van der Waals surface area contributed by atoms with Crippen molar-refractivity contribution in [1.82, 2.24) is 5.32 Å². The number of halogens is 1. The normalized spacial score (nSPS) is 13.2. The third-order valence-electron chi connectivity index (χ3n) is 2.53. The van der Waals surface area contributed by atoms with Crippen molar-refractivity contribution >= 4 is 26.9 Å². The summed E-state index contributed by atoms with van der Waals surface area (Å²) >= 11 is 3.47. The Labute approximate surface area is 103 Å². The molecule has 0 aliphatic carbocycles. The predicted molar refractivity (Wildman–Crippen MR) is 69.3 cm³/mol. The maximum atomic E-state index is 5.74. The van der Waals surface area contributed by atoms with Crippen LogP contribution in [0.1, 0.15) is 12.7 Å². The standard InChI is InChI=1S/C12H15BrN2O/c1-8(6-14)15-7-10-5-9-3-2-4-11(13)12(9)16-10/h2-5,8,15H,6-7,14H2,1H3/t8-/m0/s1. The summed E-state index contributed by atoms with van der Waals surface area (Å²) in [7, 11) is 0. The molecule has 2 aromatic rings. The lowest BCUT2D eigenvalue weighted by Crippen LogP contribution is -2.32. The van der Waals surface area contributed by atoms with Crippen LogP contribution in [0.4, 0.5) is 0 Å². The van der Waals surface area contributed by atoms with Crippen molar-refractivity contribution in [3.05, 3.63) is 34.5 Å². The van der Waals surface area contributed by atoms with Crippen LogP contribution in [0, 0.1) is 0 Å². The monoisotopic (exact) mass is 282 g/mol. The van der Waals surface area contributed by atoms with Crippen LogP contribution in [-0.2, 0) is 6.54 Å². The van der Waals surface area contributed by atoms with Gasteiger partial charge in [0.25, 0.3) is 0 Å². The summed E-state index contributed by atoms with van der Waals surface area (Å²) in [6.07, 6.45) is 0. The van der Waals surface area contributed by atoms with Crippen LogP contribution in [0.5, 0.6) is 0 Å². The molecule has 0 bridgehead atoms. The molecule has 1 aromatic heterocycles. The average molecular weight is 283 g/mol. The van der Waals surface area contributed by atoms with Crippen LogP contribution >= 0.6 is 15.9 Å². The summed E-state index contributed by atoms with van der Waals surface area (Å²) in [5.74, 6) is 0.933. The molecule has 0 aliphatic rings. The van der Waals surface area contributed by atoms with Crippen LogP contribution in [0.25, 0.3) is 11.0 Å². The molecular weight excluding hydrogens is 268 g/mol. The zero-order valence-corrected chi connectivity index (χ0v) is 10.8. The van der Waals surface area contributed by atoms with Gasteiger partial charge in [0.15, 0.2) is 0 Å². The average Bonchev–Trinajstić information content (AvgIpc) is 2.70. The first kappa shape index (κ1) is 11.6. The highest BCUT2D eigenvalue weighted by Crippen LogP contribution is 2.26. The molecule has 0 fully saturated rings. The van der Waals surface area contributed by atoms with E-state index in [1.54, 1.807) is 0 Å². The number of furan rings is 1. The van der Waals surface area contributed by atoms with E-state index in [1.807, 2.05) is 18.2 Å². The number of hydrogen-bond acceptors (Lipinski definition) is 3. The fourth-order valence-electron chi connectivity index (χ4n) is 1.53. The van der Waals surface area contributed by atoms with Crippen molar-refractivity contribution in [1.29, 1.82) is 0 Å². The molecule has 1 aromatic carbocycles. The molecule has 4 heteroatoms. The van der Waals surface area contributed by atoms with E-state index in [9.17, 15) is 0 Å². The highest BCUT2D eigenvalue weighted by atomic mass is 79.9. The van der Waals surface area contributed by atoms with Crippen LogP contribution in [0.2, 0.25) is 0 Å². The van der Waals surface area contributed by atoms with Crippen molar-refractivity contribution in [2.45, 2.75) is 19.5 Å². The zero-order valence-electron chi connectivity index (χ0n) is 9.16. The minimum atomic E-state index is 0.302. The van der Waals surface area contributed by atoms with Crippen LogP contribution in [0.3, 0.4) is 0 Å². The van der Waals surface area contributed by atoms with Gasteiger partial charge in [0, 0.05) is 18.0 Å². The highest BCUT2D eigenvalue weighted by Gasteiger charge is 2.07. The number of hydrogen-bond donors (Lipinski definition) is 2. The minimum Gasteiger partial charge on any atom is -0.459 e. The number of benzene rings is 1. The lowest BCUT2D eigenvalue weighted by molar-refractivity contribution is 0.477. The molecule has 0 spiro atoms. The fraction of sp³-hybridized carbons (Fsp3) is 0.333. The number of nitrogens with two attached hydrogens (primary N) is 1. The molecule has 3 N–H and O–H groups in total. The van der Waals surface area contributed by atoms with Gasteiger partial charge in [0.1, 0.15) is 11.3 Å². The first-order valence-corrected chi connectivity index (χ1v) is 6.10. The van der Waals surface area contributed by atoms with E-state index in [0.717, 1.165) is 21.2 Å². The first-order chi connectivity index (χ1) is 7.70. The Morgan fingerprint density at radius 1 is 1.50 bits per heavy atom. The Hall–Kier alpha value is -0.840. The van der Waals surface area contributed by atoms with E-state index in [-0.39, 0.29) is 0 Å². The molecule has 1 atom stereocenters. The summed E-state index contributed by atoms with van der Waals surface area (Å²) in [4.78, 5) is 0. The van der Waals surface area contributed by atoms with Crippen molar-refractivity contribution in [3.8, 4) is 0 Å². The Morgan fingerprint density at radius 3 is 3.00 bits per heavy atom. The zero-order chi connectivity index (χ0) is 11.5. The SMILES string of the molecule is C[C@@H](CN)NCc1cc2cccc(Br)c2o1. The van der Waals surface area contributed by atoms with Gasteiger partial charge in [-0.25, -0.2) is 0 Å². The van der Waals surface area contributed by atoms with Crippen molar-refractivity contribution in [2.24, 2.45) is 5.73 Å². The van der Waals surface area contributed by atoms with Gasteiger partial charge < -0.3 is 15.5 Å². The third-order valence-corrected chi connectivity index (χ3v) is 3.15. The Morgan fingerprint density at radius 2 is 2.31 bits per heavy atom. The van der Waals surface area contributed by atoms with Gasteiger partial charge >= 0.3 is 0 Å². The predicted octanol–water partition coefficient (Wildman–Crippen LogP) is 2.63. The van der Waals surface area contributed by atoms with Gasteiger partial charge in [-0.3, -0.25) is 0 Å². The summed E-state index contributed by atoms with van der Waals surface area (Å²) in [5.41, 5.74) is 6.44. The summed E-state index contributed by atoms with van der Waals surface area (Å²) in [6, 6.07) is 8.37. The Balaban J connectivity index is 2.17. The molecular formula is C12H15BrN2O. The summed E-state index contributed by atoms with van der Waals surface area (Å²) in [5, 5.41) is 4.41. The van der Waals surface area contributed by atoms with Crippen LogP contribution in [-0.4, -0.2) is 12.6 Å². The summed E-state index contributed by atoms with van der Waals surface area (Å²) in [6.45, 7) is 3.39.